The molecule has 4 heteroatoms. The quantitative estimate of drug-likeness (QED) is 0.691. The van der Waals surface area contributed by atoms with Crippen molar-refractivity contribution in [2.24, 2.45) is 0 Å². The van der Waals surface area contributed by atoms with Crippen molar-refractivity contribution in [2.45, 2.75) is 19.6 Å². The van der Waals surface area contributed by atoms with Crippen LogP contribution < -0.4 is 0 Å². The summed E-state index contributed by atoms with van der Waals surface area (Å²) in [5.74, 6) is -1.74. The van der Waals surface area contributed by atoms with Crippen LogP contribution >= 0.6 is 23.2 Å². The van der Waals surface area contributed by atoms with Gasteiger partial charge < -0.3 is 0 Å². The minimum absolute atomic E-state index is 0.108. The molecule has 0 aliphatic rings. The van der Waals surface area contributed by atoms with Gasteiger partial charge in [-0.15, -0.1) is 10.2 Å². The first-order chi connectivity index (χ1) is 7.53. The topological polar surface area (TPSA) is 25.8 Å². The molecule has 0 unspecified atom stereocenters. The van der Waals surface area contributed by atoms with Crippen molar-refractivity contribution in [1.82, 2.24) is 10.2 Å². The van der Waals surface area contributed by atoms with E-state index in [1.807, 2.05) is 0 Å². The summed E-state index contributed by atoms with van der Waals surface area (Å²) >= 11 is 11.2. The first-order valence-corrected chi connectivity index (χ1v) is 3.47. The Balaban J connectivity index is 3.38. The zero-order valence-corrected chi connectivity index (χ0v) is 6.82. The average molecular weight is 197 g/mol. The Labute approximate surface area is 84.0 Å². The molecule has 0 saturated heterocycles. The van der Waals surface area contributed by atoms with Gasteiger partial charge in [0.05, 0.1) is 0 Å². The van der Waals surface area contributed by atoms with Crippen molar-refractivity contribution in [3.8, 4) is 0 Å². The Morgan fingerprint density at radius 3 is 2.82 bits per heavy atom. The molecule has 1 heterocycles. The van der Waals surface area contributed by atoms with E-state index in [4.69, 9.17) is 31.4 Å². The number of hydrogen-bond acceptors (Lipinski definition) is 2. The minimum Gasteiger partial charge on any atom is -0.137 e. The van der Waals surface area contributed by atoms with Gasteiger partial charge in [0.1, 0.15) is 0 Å². The third kappa shape index (κ3) is 2.04. The van der Waals surface area contributed by atoms with Crippen LogP contribution in [-0.4, -0.2) is 10.2 Å². The van der Waals surface area contributed by atoms with Crippen molar-refractivity contribution in [1.29, 1.82) is 0 Å². The second-order valence-corrected chi connectivity index (χ2v) is 2.59. The van der Waals surface area contributed by atoms with Gasteiger partial charge >= 0.3 is 0 Å². The highest BCUT2D eigenvalue weighted by Gasteiger charge is 2.06. The fourth-order valence-corrected chi connectivity index (χ4v) is 0.925. The maximum Gasteiger partial charge on any atom is 0.155 e. The van der Waals surface area contributed by atoms with Crippen molar-refractivity contribution in [3.05, 3.63) is 21.9 Å². The van der Waals surface area contributed by atoms with E-state index in [1.54, 1.807) is 0 Å². The Morgan fingerprint density at radius 1 is 1.45 bits per heavy atom. The van der Waals surface area contributed by atoms with Crippen molar-refractivity contribution < 1.29 is 8.22 Å². The third-order valence-corrected chi connectivity index (χ3v) is 1.54. The minimum atomic E-state index is -2.73. The molecule has 2 nitrogen and oxygen atoms in total. The van der Waals surface area contributed by atoms with Gasteiger partial charge in [0, 0.05) is 8.22 Å². The van der Waals surface area contributed by atoms with Crippen LogP contribution in [0.25, 0.3) is 0 Å². The standard InChI is InChI=1S/C7H8Cl2N2/c1-4(2)5-3-6(8)10-11-7(5)9/h3-4H,1-2H3/i1D3,2D3. The van der Waals surface area contributed by atoms with Gasteiger partial charge in [0.15, 0.2) is 10.3 Å². The summed E-state index contributed by atoms with van der Waals surface area (Å²) in [4.78, 5) is 0. The van der Waals surface area contributed by atoms with Gasteiger partial charge in [-0.1, -0.05) is 36.9 Å². The lowest BCUT2D eigenvalue weighted by Crippen LogP contribution is -1.93. The fraction of sp³-hybridized carbons (Fsp3) is 0.429. The summed E-state index contributed by atoms with van der Waals surface area (Å²) in [5.41, 5.74) is -0.147. The molecular weight excluding hydrogens is 183 g/mol. The second-order valence-electron chi connectivity index (χ2n) is 1.85. The van der Waals surface area contributed by atoms with E-state index in [0.29, 0.717) is 0 Å². The molecule has 0 radical (unpaired) electrons. The summed E-state index contributed by atoms with van der Waals surface area (Å²) in [5, 5.41) is 6.43. The number of nitrogens with zero attached hydrogens (tertiary/aromatic N) is 2. The Kier molecular flexibility index (Phi) is 1.10. The van der Waals surface area contributed by atoms with Gasteiger partial charge in [0.2, 0.25) is 0 Å². The van der Waals surface area contributed by atoms with Crippen LogP contribution in [0.2, 0.25) is 10.3 Å². The molecule has 0 atom stereocenters. The third-order valence-electron chi connectivity index (χ3n) is 1.06. The van der Waals surface area contributed by atoms with Gasteiger partial charge in [-0.3, -0.25) is 0 Å². The van der Waals surface area contributed by atoms with Gasteiger partial charge in [-0.2, -0.15) is 0 Å². The van der Waals surface area contributed by atoms with Gasteiger partial charge in [0.25, 0.3) is 0 Å². The molecule has 0 aromatic carbocycles. The predicted molar refractivity (Wildman–Crippen MR) is 46.1 cm³/mol. The molecule has 0 aliphatic heterocycles. The lowest BCUT2D eigenvalue weighted by atomic mass is 10.1. The summed E-state index contributed by atoms with van der Waals surface area (Å²) < 4.78 is 43.6. The smallest absolute Gasteiger partial charge is 0.137 e. The van der Waals surface area contributed by atoms with Crippen LogP contribution in [0.5, 0.6) is 0 Å². The SMILES string of the molecule is [2H]C([2H])([2H])C(c1cc(Cl)nnc1Cl)C([2H])([2H])[2H]. The molecule has 0 spiro atoms. The van der Waals surface area contributed by atoms with E-state index in [2.05, 4.69) is 10.2 Å². The van der Waals surface area contributed by atoms with Crippen molar-refractivity contribution in [2.75, 3.05) is 0 Å². The van der Waals surface area contributed by atoms with E-state index in [0.717, 1.165) is 6.07 Å². The van der Waals surface area contributed by atoms with E-state index < -0.39 is 19.6 Å². The monoisotopic (exact) mass is 196 g/mol. The highest BCUT2D eigenvalue weighted by molar-refractivity contribution is 6.31. The zero-order valence-electron chi connectivity index (χ0n) is 11.3. The number of hydrogen-bond donors (Lipinski definition) is 0. The van der Waals surface area contributed by atoms with Crippen LogP contribution in [0.15, 0.2) is 6.07 Å². The lowest BCUT2D eigenvalue weighted by Gasteiger charge is -2.05. The van der Waals surface area contributed by atoms with Crippen LogP contribution in [0, 0.1) is 0 Å². The lowest BCUT2D eigenvalue weighted by molar-refractivity contribution is 0.842. The largest absolute Gasteiger partial charge is 0.155 e. The summed E-state index contributed by atoms with van der Waals surface area (Å²) in [7, 11) is 0. The molecule has 60 valence electrons. The Hall–Kier alpha value is -0.340. The zero-order chi connectivity index (χ0) is 13.4. The molecule has 1 aromatic rings. The Morgan fingerprint density at radius 2 is 2.18 bits per heavy atom. The highest BCUT2D eigenvalue weighted by atomic mass is 35.5. The summed E-state index contributed by atoms with van der Waals surface area (Å²) in [6.07, 6.45) is 0. The van der Waals surface area contributed by atoms with E-state index >= 15 is 0 Å². The molecule has 0 aliphatic carbocycles. The molecule has 0 N–H and O–H groups in total. The van der Waals surface area contributed by atoms with E-state index in [9.17, 15) is 0 Å². The number of rotatable bonds is 1. The second kappa shape index (κ2) is 3.37. The van der Waals surface area contributed by atoms with Gasteiger partial charge in [-0.05, 0) is 17.5 Å². The maximum absolute atomic E-state index is 7.27. The first-order valence-electron chi connectivity index (χ1n) is 5.72. The number of aromatic nitrogens is 2. The summed E-state index contributed by atoms with van der Waals surface area (Å²) in [6, 6.07) is 1.11. The molecule has 1 rings (SSSR count). The fourth-order valence-electron chi connectivity index (χ4n) is 0.569. The average Bonchev–Trinajstić information content (AvgIpc) is 2.06. The molecule has 0 bridgehead atoms. The normalized spacial score (nSPS) is 21.0. The Bertz CT molecular complexity index is 402. The van der Waals surface area contributed by atoms with Crippen molar-refractivity contribution >= 4 is 23.2 Å². The van der Waals surface area contributed by atoms with E-state index in [1.165, 1.54) is 0 Å². The highest BCUT2D eigenvalue weighted by Crippen LogP contribution is 2.22. The molecule has 11 heavy (non-hydrogen) atoms. The number of halogens is 2. The van der Waals surface area contributed by atoms with Crippen LogP contribution in [0.1, 0.15) is 33.4 Å². The molecule has 0 saturated carbocycles. The molecule has 1 aromatic heterocycles. The van der Waals surface area contributed by atoms with Gasteiger partial charge in [-0.25, -0.2) is 0 Å². The predicted octanol–water partition coefficient (Wildman–Crippen LogP) is 2.91. The summed E-state index contributed by atoms with van der Waals surface area (Å²) in [6.45, 7) is -5.47. The maximum atomic E-state index is 7.27. The molecule has 0 amide bonds. The molecular formula is C7H8Cl2N2. The van der Waals surface area contributed by atoms with Crippen molar-refractivity contribution in [3.63, 3.8) is 0 Å². The van der Waals surface area contributed by atoms with E-state index in [-0.39, 0.29) is 15.9 Å². The van der Waals surface area contributed by atoms with Crippen LogP contribution in [0.4, 0.5) is 0 Å². The van der Waals surface area contributed by atoms with Crippen LogP contribution in [-0.2, 0) is 0 Å². The molecule has 0 fully saturated rings. The van der Waals surface area contributed by atoms with Crippen LogP contribution in [0.3, 0.4) is 0 Å². The first kappa shape index (κ1) is 3.58.